The number of carboxylic acid groups (broad SMARTS) is 1. The highest BCUT2D eigenvalue weighted by atomic mass is 32.2. The third kappa shape index (κ3) is 4.68. The Hall–Kier alpha value is -1.93. The number of sulfonamides is 1. The minimum atomic E-state index is -3.62. The number of amides is 1. The lowest BCUT2D eigenvalue weighted by Gasteiger charge is -2.34. The third-order valence-corrected chi connectivity index (χ3v) is 7.00. The van der Waals surface area contributed by atoms with Crippen LogP contribution in [0.25, 0.3) is 0 Å². The van der Waals surface area contributed by atoms with E-state index >= 15 is 0 Å². The zero-order chi connectivity index (χ0) is 20.4. The molecule has 8 heteroatoms. The normalized spacial score (nSPS) is 23.4. The molecule has 1 heterocycles. The first-order valence-corrected chi connectivity index (χ1v) is 10.6. The molecule has 0 saturated carbocycles. The topological polar surface area (TPSA) is 104 Å². The smallest absolute Gasteiger partial charge is 0.329 e. The second-order valence-electron chi connectivity index (χ2n) is 7.74. The van der Waals surface area contributed by atoms with E-state index < -0.39 is 27.4 Å². The van der Waals surface area contributed by atoms with Crippen molar-refractivity contribution in [2.75, 3.05) is 13.1 Å². The van der Waals surface area contributed by atoms with Crippen LogP contribution in [-0.4, -0.2) is 48.3 Å². The molecule has 0 aromatic heterocycles. The SMILES string of the molecule is CCC(C)(NC(=O)c1ccc(S(=O)(=O)N2CC(C)CC(C)C2)cc1)C(=O)O. The highest BCUT2D eigenvalue weighted by Gasteiger charge is 2.34. The summed E-state index contributed by atoms with van der Waals surface area (Å²) in [4.78, 5) is 23.8. The summed E-state index contributed by atoms with van der Waals surface area (Å²) in [5.74, 6) is -1.07. The van der Waals surface area contributed by atoms with Crippen LogP contribution in [0.4, 0.5) is 0 Å². The lowest BCUT2D eigenvalue weighted by Crippen LogP contribution is -2.51. The number of hydrogen-bond donors (Lipinski definition) is 2. The molecule has 1 aromatic carbocycles. The van der Waals surface area contributed by atoms with E-state index in [0.717, 1.165) is 6.42 Å². The van der Waals surface area contributed by atoms with E-state index in [1.165, 1.54) is 35.5 Å². The molecular formula is C19H28N2O5S. The number of rotatable bonds is 6. The van der Waals surface area contributed by atoms with E-state index in [2.05, 4.69) is 5.32 Å². The van der Waals surface area contributed by atoms with Gasteiger partial charge in [0.15, 0.2) is 0 Å². The van der Waals surface area contributed by atoms with Crippen LogP contribution >= 0.6 is 0 Å². The monoisotopic (exact) mass is 396 g/mol. The van der Waals surface area contributed by atoms with Crippen molar-refractivity contribution < 1.29 is 23.1 Å². The summed E-state index contributed by atoms with van der Waals surface area (Å²) in [7, 11) is -3.62. The molecule has 1 fully saturated rings. The second kappa shape index (κ2) is 7.98. The summed E-state index contributed by atoms with van der Waals surface area (Å²) in [6.45, 7) is 8.16. The van der Waals surface area contributed by atoms with Crippen molar-refractivity contribution in [2.45, 2.75) is 51.0 Å². The first-order chi connectivity index (χ1) is 12.5. The van der Waals surface area contributed by atoms with Crippen molar-refractivity contribution in [1.29, 1.82) is 0 Å². The van der Waals surface area contributed by atoms with Crippen LogP contribution in [0.3, 0.4) is 0 Å². The van der Waals surface area contributed by atoms with Gasteiger partial charge < -0.3 is 10.4 Å². The number of carbonyl (C=O) groups excluding carboxylic acids is 1. The summed E-state index contributed by atoms with van der Waals surface area (Å²) in [6, 6.07) is 5.63. The lowest BCUT2D eigenvalue weighted by molar-refractivity contribution is -0.143. The Morgan fingerprint density at radius 3 is 2.15 bits per heavy atom. The van der Waals surface area contributed by atoms with Crippen LogP contribution in [0.5, 0.6) is 0 Å². The number of benzene rings is 1. The molecule has 3 atom stereocenters. The fraction of sp³-hybridized carbons (Fsp3) is 0.579. The Labute approximate surface area is 160 Å². The van der Waals surface area contributed by atoms with Gasteiger partial charge in [0.25, 0.3) is 5.91 Å². The van der Waals surface area contributed by atoms with E-state index in [0.29, 0.717) is 24.9 Å². The Bertz CT molecular complexity index is 796. The van der Waals surface area contributed by atoms with Gasteiger partial charge in [0.2, 0.25) is 10.0 Å². The van der Waals surface area contributed by atoms with Crippen LogP contribution in [0.1, 0.15) is 50.9 Å². The average Bonchev–Trinajstić information content (AvgIpc) is 2.60. The standard InChI is InChI=1S/C19H28N2O5S/c1-5-19(4,18(23)24)20-17(22)15-6-8-16(9-7-15)27(25,26)21-11-13(2)10-14(3)12-21/h6-9,13-14H,5,10-12H2,1-4H3,(H,20,22)(H,23,24). The molecule has 1 saturated heterocycles. The predicted molar refractivity (Wildman–Crippen MR) is 102 cm³/mol. The van der Waals surface area contributed by atoms with Gasteiger partial charge in [-0.1, -0.05) is 20.8 Å². The van der Waals surface area contributed by atoms with Crippen LogP contribution in [0, 0.1) is 11.8 Å². The van der Waals surface area contributed by atoms with Crippen LogP contribution in [0.2, 0.25) is 0 Å². The van der Waals surface area contributed by atoms with Gasteiger partial charge in [-0.05, 0) is 55.9 Å². The minimum absolute atomic E-state index is 0.136. The summed E-state index contributed by atoms with van der Waals surface area (Å²) < 4.78 is 27.2. The number of carboxylic acids is 1. The molecular weight excluding hydrogens is 368 g/mol. The molecule has 0 spiro atoms. The van der Waals surface area contributed by atoms with Gasteiger partial charge in [-0.2, -0.15) is 4.31 Å². The van der Waals surface area contributed by atoms with Crippen molar-refractivity contribution in [3.05, 3.63) is 29.8 Å². The van der Waals surface area contributed by atoms with Gasteiger partial charge in [0.05, 0.1) is 4.90 Å². The molecule has 0 aliphatic carbocycles. The molecule has 0 bridgehead atoms. The highest BCUT2D eigenvalue weighted by molar-refractivity contribution is 7.89. The predicted octanol–water partition coefficient (Wildman–Crippen LogP) is 2.34. The van der Waals surface area contributed by atoms with E-state index in [-0.39, 0.29) is 16.9 Å². The molecule has 2 N–H and O–H groups in total. The van der Waals surface area contributed by atoms with E-state index in [1.54, 1.807) is 6.92 Å². The largest absolute Gasteiger partial charge is 0.480 e. The number of carbonyl (C=O) groups is 2. The highest BCUT2D eigenvalue weighted by Crippen LogP contribution is 2.26. The number of nitrogens with zero attached hydrogens (tertiary/aromatic N) is 1. The quantitative estimate of drug-likeness (QED) is 0.768. The fourth-order valence-corrected chi connectivity index (χ4v) is 5.02. The molecule has 0 radical (unpaired) electrons. The van der Waals surface area contributed by atoms with Crippen molar-refractivity contribution >= 4 is 21.9 Å². The zero-order valence-corrected chi connectivity index (χ0v) is 17.0. The Morgan fingerprint density at radius 2 is 1.70 bits per heavy atom. The van der Waals surface area contributed by atoms with Crippen molar-refractivity contribution in [1.82, 2.24) is 9.62 Å². The van der Waals surface area contributed by atoms with Crippen molar-refractivity contribution in [2.24, 2.45) is 11.8 Å². The van der Waals surface area contributed by atoms with Crippen molar-refractivity contribution in [3.8, 4) is 0 Å². The number of nitrogens with one attached hydrogen (secondary N) is 1. The molecule has 1 aromatic rings. The molecule has 1 amide bonds. The zero-order valence-electron chi connectivity index (χ0n) is 16.2. The molecule has 150 valence electrons. The maximum Gasteiger partial charge on any atom is 0.329 e. The minimum Gasteiger partial charge on any atom is -0.480 e. The summed E-state index contributed by atoms with van der Waals surface area (Å²) >= 11 is 0. The van der Waals surface area contributed by atoms with Crippen LogP contribution < -0.4 is 5.32 Å². The van der Waals surface area contributed by atoms with Gasteiger partial charge in [-0.3, -0.25) is 4.79 Å². The molecule has 1 aliphatic heterocycles. The first-order valence-electron chi connectivity index (χ1n) is 9.15. The Morgan fingerprint density at radius 1 is 1.19 bits per heavy atom. The van der Waals surface area contributed by atoms with Gasteiger partial charge >= 0.3 is 5.97 Å². The number of piperidine rings is 1. The van der Waals surface area contributed by atoms with E-state index in [4.69, 9.17) is 0 Å². The van der Waals surface area contributed by atoms with E-state index in [9.17, 15) is 23.1 Å². The van der Waals surface area contributed by atoms with Gasteiger partial charge in [0, 0.05) is 18.7 Å². The van der Waals surface area contributed by atoms with Gasteiger partial charge in [0.1, 0.15) is 5.54 Å². The van der Waals surface area contributed by atoms with Crippen LogP contribution in [-0.2, 0) is 14.8 Å². The fourth-order valence-electron chi connectivity index (χ4n) is 3.35. The summed E-state index contributed by atoms with van der Waals surface area (Å²) in [6.07, 6.45) is 1.23. The maximum absolute atomic E-state index is 12.9. The Balaban J connectivity index is 2.19. The van der Waals surface area contributed by atoms with Gasteiger partial charge in [-0.15, -0.1) is 0 Å². The number of aliphatic carboxylic acids is 1. The van der Waals surface area contributed by atoms with Crippen molar-refractivity contribution in [3.63, 3.8) is 0 Å². The molecule has 27 heavy (non-hydrogen) atoms. The average molecular weight is 397 g/mol. The molecule has 3 unspecified atom stereocenters. The number of hydrogen-bond acceptors (Lipinski definition) is 4. The molecule has 7 nitrogen and oxygen atoms in total. The lowest BCUT2D eigenvalue weighted by atomic mass is 9.94. The first kappa shape index (κ1) is 21.4. The van der Waals surface area contributed by atoms with Crippen LogP contribution in [0.15, 0.2) is 29.2 Å². The van der Waals surface area contributed by atoms with Gasteiger partial charge in [-0.25, -0.2) is 13.2 Å². The van der Waals surface area contributed by atoms with E-state index in [1.807, 2.05) is 13.8 Å². The summed E-state index contributed by atoms with van der Waals surface area (Å²) in [5, 5.41) is 11.8. The second-order valence-corrected chi connectivity index (χ2v) is 9.68. The summed E-state index contributed by atoms with van der Waals surface area (Å²) in [5.41, 5.74) is -1.16. The molecule has 1 aliphatic rings. The maximum atomic E-state index is 12.9. The third-order valence-electron chi connectivity index (χ3n) is 5.16. The molecule has 2 rings (SSSR count). The Kier molecular flexibility index (Phi) is 6.32.